The molecule has 3 amide bonds. The third kappa shape index (κ3) is 5.75. The van der Waals surface area contributed by atoms with E-state index < -0.39 is 33.9 Å². The molecule has 0 bridgehead atoms. The number of anilines is 1. The summed E-state index contributed by atoms with van der Waals surface area (Å²) in [6.07, 6.45) is 0.373. The van der Waals surface area contributed by atoms with Crippen molar-refractivity contribution >= 4 is 50.7 Å². The summed E-state index contributed by atoms with van der Waals surface area (Å²) in [4.78, 5) is 24.6. The van der Waals surface area contributed by atoms with Crippen LogP contribution in [-0.4, -0.2) is 43.9 Å². The zero-order valence-corrected chi connectivity index (χ0v) is 16.7. The Balaban J connectivity index is 1.97. The molecule has 7 nitrogen and oxygen atoms in total. The maximum absolute atomic E-state index is 12.5. The lowest BCUT2D eigenvalue weighted by Crippen LogP contribution is -2.52. The minimum atomic E-state index is -3.10. The van der Waals surface area contributed by atoms with E-state index in [0.717, 1.165) is 0 Å². The van der Waals surface area contributed by atoms with Gasteiger partial charge in [-0.3, -0.25) is 4.79 Å². The topological polar surface area (TPSA) is 104 Å². The van der Waals surface area contributed by atoms with Crippen LogP contribution in [0.4, 0.5) is 10.5 Å². The van der Waals surface area contributed by atoms with Crippen LogP contribution in [0.15, 0.2) is 18.2 Å². The maximum Gasteiger partial charge on any atom is 0.315 e. The molecule has 144 valence electrons. The van der Waals surface area contributed by atoms with Crippen molar-refractivity contribution < 1.29 is 18.0 Å². The fourth-order valence-electron chi connectivity index (χ4n) is 2.61. The molecule has 1 aliphatic heterocycles. The summed E-state index contributed by atoms with van der Waals surface area (Å²) in [5, 5.41) is 8.57. The van der Waals surface area contributed by atoms with Gasteiger partial charge in [-0.1, -0.05) is 37.0 Å². The van der Waals surface area contributed by atoms with Crippen LogP contribution >= 0.6 is 23.2 Å². The van der Waals surface area contributed by atoms with E-state index in [1.54, 1.807) is 26.0 Å². The van der Waals surface area contributed by atoms with Gasteiger partial charge < -0.3 is 16.0 Å². The van der Waals surface area contributed by atoms with E-state index in [-0.39, 0.29) is 17.4 Å². The third-order valence-electron chi connectivity index (χ3n) is 3.99. The van der Waals surface area contributed by atoms with Gasteiger partial charge in [0.1, 0.15) is 6.04 Å². The predicted octanol–water partition coefficient (Wildman–Crippen LogP) is 2.44. The number of carbonyl (C=O) groups excluding carboxylic acids is 2. The number of hydrogen-bond acceptors (Lipinski definition) is 4. The molecule has 0 radical (unpaired) electrons. The van der Waals surface area contributed by atoms with Crippen LogP contribution in [0, 0.1) is 5.92 Å². The van der Waals surface area contributed by atoms with Crippen molar-refractivity contribution in [1.82, 2.24) is 10.6 Å². The number of amides is 3. The van der Waals surface area contributed by atoms with E-state index in [4.69, 9.17) is 23.2 Å². The summed E-state index contributed by atoms with van der Waals surface area (Å²) in [6, 6.07) is 2.86. The number of rotatable bonds is 5. The van der Waals surface area contributed by atoms with E-state index in [0.29, 0.717) is 22.2 Å². The zero-order valence-electron chi connectivity index (χ0n) is 14.4. The van der Waals surface area contributed by atoms with Crippen molar-refractivity contribution in [3.63, 3.8) is 0 Å². The van der Waals surface area contributed by atoms with Gasteiger partial charge in [0.15, 0.2) is 9.84 Å². The molecule has 0 aromatic heterocycles. The summed E-state index contributed by atoms with van der Waals surface area (Å²) in [6.45, 7) is 3.58. The zero-order chi connectivity index (χ0) is 19.5. The van der Waals surface area contributed by atoms with Gasteiger partial charge in [0.05, 0.1) is 21.6 Å². The van der Waals surface area contributed by atoms with Crippen LogP contribution in [0.5, 0.6) is 0 Å². The molecule has 1 aromatic rings. The Morgan fingerprint density at radius 2 is 1.88 bits per heavy atom. The van der Waals surface area contributed by atoms with E-state index in [9.17, 15) is 18.0 Å². The molecular weight excluding hydrogens is 401 g/mol. The van der Waals surface area contributed by atoms with Gasteiger partial charge in [-0.25, -0.2) is 13.2 Å². The SMILES string of the molecule is CC(C)C(NC(=O)NC1CCS(=O)(=O)C1)C(=O)Nc1ccc(Cl)c(Cl)c1. The molecule has 0 aliphatic carbocycles. The first-order valence-electron chi connectivity index (χ1n) is 8.11. The highest BCUT2D eigenvalue weighted by Gasteiger charge is 2.30. The Labute approximate surface area is 162 Å². The first kappa shape index (κ1) is 20.8. The van der Waals surface area contributed by atoms with Crippen molar-refractivity contribution in [2.24, 2.45) is 5.92 Å². The first-order valence-corrected chi connectivity index (χ1v) is 10.7. The molecule has 2 atom stereocenters. The molecule has 1 fully saturated rings. The van der Waals surface area contributed by atoms with Crippen molar-refractivity contribution in [2.45, 2.75) is 32.4 Å². The molecule has 3 N–H and O–H groups in total. The van der Waals surface area contributed by atoms with E-state index >= 15 is 0 Å². The van der Waals surface area contributed by atoms with Gasteiger partial charge in [-0.2, -0.15) is 0 Å². The van der Waals surface area contributed by atoms with Crippen LogP contribution < -0.4 is 16.0 Å². The molecule has 0 saturated carbocycles. The van der Waals surface area contributed by atoms with E-state index in [2.05, 4.69) is 16.0 Å². The Morgan fingerprint density at radius 1 is 1.19 bits per heavy atom. The lowest BCUT2D eigenvalue weighted by Gasteiger charge is -2.23. The summed E-state index contributed by atoms with van der Waals surface area (Å²) in [5.74, 6) is -0.616. The minimum absolute atomic E-state index is 0.0589. The molecule has 1 aromatic carbocycles. The van der Waals surface area contributed by atoms with Gasteiger partial charge in [0.25, 0.3) is 0 Å². The number of sulfone groups is 1. The predicted molar refractivity (Wildman–Crippen MR) is 102 cm³/mol. The van der Waals surface area contributed by atoms with Gasteiger partial charge in [-0.15, -0.1) is 0 Å². The Hall–Kier alpha value is -1.51. The number of benzene rings is 1. The van der Waals surface area contributed by atoms with Crippen molar-refractivity contribution in [1.29, 1.82) is 0 Å². The summed E-state index contributed by atoms with van der Waals surface area (Å²) < 4.78 is 22.9. The van der Waals surface area contributed by atoms with Crippen LogP contribution in [0.25, 0.3) is 0 Å². The Bertz CT molecular complexity index is 799. The minimum Gasteiger partial charge on any atom is -0.334 e. The second-order valence-corrected chi connectivity index (χ2v) is 9.60. The highest BCUT2D eigenvalue weighted by atomic mass is 35.5. The Morgan fingerprint density at radius 3 is 2.42 bits per heavy atom. The molecular formula is C16H21Cl2N3O4S. The fraction of sp³-hybridized carbons (Fsp3) is 0.500. The van der Waals surface area contributed by atoms with Crippen LogP contribution in [-0.2, 0) is 14.6 Å². The molecule has 1 heterocycles. The van der Waals surface area contributed by atoms with Crippen LogP contribution in [0.1, 0.15) is 20.3 Å². The first-order chi connectivity index (χ1) is 12.1. The largest absolute Gasteiger partial charge is 0.334 e. The molecule has 2 unspecified atom stereocenters. The number of nitrogens with one attached hydrogen (secondary N) is 3. The molecule has 2 rings (SSSR count). The summed E-state index contributed by atoms with van der Waals surface area (Å²) in [7, 11) is -3.10. The summed E-state index contributed by atoms with van der Waals surface area (Å²) >= 11 is 11.8. The number of hydrogen-bond donors (Lipinski definition) is 3. The quantitative estimate of drug-likeness (QED) is 0.678. The number of urea groups is 1. The second-order valence-electron chi connectivity index (χ2n) is 6.56. The van der Waals surface area contributed by atoms with E-state index in [1.807, 2.05) is 0 Å². The second kappa shape index (κ2) is 8.45. The van der Waals surface area contributed by atoms with Gasteiger partial charge in [0, 0.05) is 11.7 Å². The normalized spacial score (nSPS) is 19.8. The highest BCUT2D eigenvalue weighted by Crippen LogP contribution is 2.25. The summed E-state index contributed by atoms with van der Waals surface area (Å²) in [5.41, 5.74) is 0.458. The monoisotopic (exact) mass is 421 g/mol. The molecule has 1 aliphatic rings. The van der Waals surface area contributed by atoms with Gasteiger partial charge in [0.2, 0.25) is 5.91 Å². The molecule has 10 heteroatoms. The average molecular weight is 422 g/mol. The molecule has 0 spiro atoms. The van der Waals surface area contributed by atoms with Gasteiger partial charge >= 0.3 is 6.03 Å². The lowest BCUT2D eigenvalue weighted by atomic mass is 10.0. The van der Waals surface area contributed by atoms with Crippen molar-refractivity contribution in [3.8, 4) is 0 Å². The maximum atomic E-state index is 12.5. The van der Waals surface area contributed by atoms with Crippen molar-refractivity contribution in [2.75, 3.05) is 16.8 Å². The Kier molecular flexibility index (Phi) is 6.76. The average Bonchev–Trinajstić information content (AvgIpc) is 2.86. The lowest BCUT2D eigenvalue weighted by molar-refractivity contribution is -0.118. The molecule has 26 heavy (non-hydrogen) atoms. The van der Waals surface area contributed by atoms with E-state index in [1.165, 1.54) is 6.07 Å². The van der Waals surface area contributed by atoms with Gasteiger partial charge in [-0.05, 0) is 30.5 Å². The van der Waals surface area contributed by atoms with Crippen molar-refractivity contribution in [3.05, 3.63) is 28.2 Å². The standard InChI is InChI=1S/C16H21Cl2N3O4S/c1-9(2)14(15(22)19-10-3-4-12(17)13(18)7-10)21-16(23)20-11-5-6-26(24,25)8-11/h3-4,7,9,11,14H,5-6,8H2,1-2H3,(H,19,22)(H2,20,21,23). The van der Waals surface area contributed by atoms with Crippen LogP contribution in [0.3, 0.4) is 0 Å². The highest BCUT2D eigenvalue weighted by molar-refractivity contribution is 7.91. The third-order valence-corrected chi connectivity index (χ3v) is 6.50. The number of halogens is 2. The van der Waals surface area contributed by atoms with Crippen LogP contribution in [0.2, 0.25) is 10.0 Å². The fourth-order valence-corrected chi connectivity index (χ4v) is 4.58. The smallest absolute Gasteiger partial charge is 0.315 e. The number of carbonyl (C=O) groups is 2. The molecule has 1 saturated heterocycles.